The molecule has 0 saturated carbocycles. The average Bonchev–Trinajstić information content (AvgIpc) is 3.61. The van der Waals surface area contributed by atoms with E-state index in [1.165, 1.54) is 15.9 Å². The lowest BCUT2D eigenvalue weighted by atomic mass is 10.1. The molecule has 0 bridgehead atoms. The van der Waals surface area contributed by atoms with Crippen molar-refractivity contribution in [3.63, 3.8) is 0 Å². The second-order valence-corrected chi connectivity index (χ2v) is 12.2. The highest BCUT2D eigenvalue weighted by atomic mass is 16.6. The predicted molar refractivity (Wildman–Crippen MR) is 181 cm³/mol. The SMILES string of the molecule is CCOC(=O)N1CCN(C(=O)C(CCC(=O)O)NC(=O)c2cc(OCC(=O)N3CCC[C@H]3COCc3ccccc3)c3ccccc3n2)CC1. The zero-order valence-corrected chi connectivity index (χ0v) is 28.1. The van der Waals surface area contributed by atoms with E-state index in [0.717, 1.165) is 18.4 Å². The summed E-state index contributed by atoms with van der Waals surface area (Å²) in [6.45, 7) is 4.03. The number of aliphatic carboxylic acids is 1. The standard InChI is InChI=1S/C36H43N5O9/c1-2-49-36(47)40-19-17-39(18-20-40)35(46)29(14-15-33(43)44)38-34(45)30-21-31(27-12-6-7-13-28(27)37-30)50-24-32(42)41-16-8-11-26(41)23-48-22-25-9-4-3-5-10-25/h3-7,9-10,12-13,21,26,29H,2,8,11,14-20,22-24H2,1H3,(H,38,45)(H,43,44)/t26-,29?/m0/s1. The maximum atomic E-state index is 13.6. The molecule has 2 aliphatic rings. The molecule has 14 heteroatoms. The molecule has 2 aliphatic heterocycles. The molecule has 5 rings (SSSR count). The van der Waals surface area contributed by atoms with E-state index in [0.29, 0.717) is 30.7 Å². The quantitative estimate of drug-likeness (QED) is 0.257. The monoisotopic (exact) mass is 689 g/mol. The number of likely N-dealkylation sites (tertiary alicyclic amines) is 1. The molecule has 0 aliphatic carbocycles. The number of carboxylic acids is 1. The van der Waals surface area contributed by atoms with Gasteiger partial charge in [-0.1, -0.05) is 42.5 Å². The largest absolute Gasteiger partial charge is 0.483 e. The van der Waals surface area contributed by atoms with Gasteiger partial charge in [-0.3, -0.25) is 19.2 Å². The third-order valence-electron chi connectivity index (χ3n) is 8.75. The van der Waals surface area contributed by atoms with Gasteiger partial charge in [0.05, 0.1) is 31.4 Å². The molecule has 4 amide bonds. The van der Waals surface area contributed by atoms with Crippen molar-refractivity contribution in [3.05, 3.63) is 71.9 Å². The number of nitrogens with one attached hydrogen (secondary N) is 1. The van der Waals surface area contributed by atoms with Crippen LogP contribution in [-0.4, -0.2) is 119 Å². The lowest BCUT2D eigenvalue weighted by Gasteiger charge is -2.35. The number of carbonyl (C=O) groups is 5. The molecule has 2 N–H and O–H groups in total. The normalized spacial score (nSPS) is 16.6. The summed E-state index contributed by atoms with van der Waals surface area (Å²) >= 11 is 0. The first-order valence-electron chi connectivity index (χ1n) is 16.9. The van der Waals surface area contributed by atoms with Crippen molar-refractivity contribution in [1.29, 1.82) is 0 Å². The Hall–Kier alpha value is -5.24. The van der Waals surface area contributed by atoms with Gasteiger partial charge in [0, 0.05) is 50.6 Å². The van der Waals surface area contributed by atoms with E-state index in [4.69, 9.17) is 14.2 Å². The number of aromatic nitrogens is 1. The molecule has 2 saturated heterocycles. The number of piperazine rings is 1. The first-order valence-corrected chi connectivity index (χ1v) is 16.9. The van der Waals surface area contributed by atoms with E-state index in [1.807, 2.05) is 30.3 Å². The summed E-state index contributed by atoms with van der Waals surface area (Å²) in [5.74, 6) is -2.20. The zero-order valence-electron chi connectivity index (χ0n) is 28.1. The fourth-order valence-electron chi connectivity index (χ4n) is 6.13. The van der Waals surface area contributed by atoms with Crippen LogP contribution < -0.4 is 10.1 Å². The van der Waals surface area contributed by atoms with Gasteiger partial charge in [0.1, 0.15) is 17.5 Å². The Morgan fingerprint density at radius 1 is 0.960 bits per heavy atom. The van der Waals surface area contributed by atoms with Crippen LogP contribution >= 0.6 is 0 Å². The minimum Gasteiger partial charge on any atom is -0.483 e. The topological polar surface area (TPSA) is 168 Å². The Morgan fingerprint density at radius 2 is 1.68 bits per heavy atom. The Bertz CT molecular complexity index is 1660. The van der Waals surface area contributed by atoms with E-state index >= 15 is 0 Å². The zero-order chi connectivity index (χ0) is 35.5. The van der Waals surface area contributed by atoms with Gasteiger partial charge in [-0.2, -0.15) is 0 Å². The first kappa shape index (κ1) is 36.1. The number of rotatable bonds is 14. The summed E-state index contributed by atoms with van der Waals surface area (Å²) in [6, 6.07) is 17.1. The van der Waals surface area contributed by atoms with Gasteiger partial charge in [-0.05, 0) is 43.9 Å². The number of ether oxygens (including phenoxy) is 3. The van der Waals surface area contributed by atoms with Gasteiger partial charge in [0.2, 0.25) is 5.91 Å². The molecule has 2 fully saturated rings. The highest BCUT2D eigenvalue weighted by molar-refractivity contribution is 5.99. The second-order valence-electron chi connectivity index (χ2n) is 12.2. The number of para-hydroxylation sites is 1. The minimum atomic E-state index is -1.15. The summed E-state index contributed by atoms with van der Waals surface area (Å²) in [7, 11) is 0. The van der Waals surface area contributed by atoms with Gasteiger partial charge in [-0.15, -0.1) is 0 Å². The van der Waals surface area contributed by atoms with Crippen molar-refractivity contribution in [3.8, 4) is 5.75 Å². The molecule has 0 radical (unpaired) electrons. The highest BCUT2D eigenvalue weighted by Crippen LogP contribution is 2.26. The van der Waals surface area contributed by atoms with E-state index < -0.39 is 29.9 Å². The number of hydrogen-bond acceptors (Lipinski definition) is 9. The maximum absolute atomic E-state index is 13.6. The summed E-state index contributed by atoms with van der Waals surface area (Å²) in [4.78, 5) is 73.2. The Labute approximate surface area is 290 Å². The highest BCUT2D eigenvalue weighted by Gasteiger charge is 2.32. The lowest BCUT2D eigenvalue weighted by Crippen LogP contribution is -2.56. The molecular weight excluding hydrogens is 646 g/mol. The number of carboxylic acid groups (broad SMARTS) is 1. The van der Waals surface area contributed by atoms with Crippen molar-refractivity contribution < 1.29 is 43.3 Å². The molecule has 2 atom stereocenters. The van der Waals surface area contributed by atoms with Crippen LogP contribution in [0.4, 0.5) is 4.79 Å². The van der Waals surface area contributed by atoms with Crippen molar-refractivity contribution in [2.24, 2.45) is 0 Å². The summed E-state index contributed by atoms with van der Waals surface area (Å²) < 4.78 is 17.0. The Balaban J connectivity index is 1.24. The molecule has 1 aromatic heterocycles. The number of fused-ring (bicyclic) bond motifs is 1. The van der Waals surface area contributed by atoms with Gasteiger partial charge >= 0.3 is 12.1 Å². The van der Waals surface area contributed by atoms with Crippen molar-refractivity contribution in [2.45, 2.75) is 51.3 Å². The van der Waals surface area contributed by atoms with Crippen LogP contribution in [0.15, 0.2) is 60.7 Å². The van der Waals surface area contributed by atoms with E-state index in [9.17, 15) is 29.1 Å². The smallest absolute Gasteiger partial charge is 0.409 e. The number of nitrogens with zero attached hydrogens (tertiary/aromatic N) is 4. The summed E-state index contributed by atoms with van der Waals surface area (Å²) in [6.07, 6.45) is 0.721. The third kappa shape index (κ3) is 9.47. The Morgan fingerprint density at radius 3 is 2.42 bits per heavy atom. The molecule has 0 spiro atoms. The van der Waals surface area contributed by atoms with Crippen LogP contribution in [0.5, 0.6) is 5.75 Å². The average molecular weight is 690 g/mol. The molecule has 266 valence electrons. The van der Waals surface area contributed by atoms with Gasteiger partial charge in [0.25, 0.3) is 11.8 Å². The van der Waals surface area contributed by atoms with Gasteiger partial charge in [-0.25, -0.2) is 9.78 Å². The van der Waals surface area contributed by atoms with Crippen LogP contribution in [0.2, 0.25) is 0 Å². The molecule has 1 unspecified atom stereocenters. The Kier molecular flexibility index (Phi) is 12.6. The number of benzene rings is 2. The van der Waals surface area contributed by atoms with Crippen LogP contribution in [0.3, 0.4) is 0 Å². The van der Waals surface area contributed by atoms with E-state index in [1.54, 1.807) is 36.1 Å². The van der Waals surface area contributed by atoms with E-state index in [-0.39, 0.29) is 75.6 Å². The van der Waals surface area contributed by atoms with Crippen LogP contribution in [0.25, 0.3) is 10.9 Å². The van der Waals surface area contributed by atoms with Crippen LogP contribution in [0.1, 0.15) is 48.7 Å². The number of amides is 4. The van der Waals surface area contributed by atoms with Crippen molar-refractivity contribution in [2.75, 3.05) is 52.5 Å². The van der Waals surface area contributed by atoms with Crippen LogP contribution in [-0.2, 0) is 30.5 Å². The molecule has 2 aromatic carbocycles. The van der Waals surface area contributed by atoms with Crippen LogP contribution in [0, 0.1) is 0 Å². The van der Waals surface area contributed by atoms with Crippen molar-refractivity contribution in [1.82, 2.24) is 25.0 Å². The number of hydrogen-bond donors (Lipinski definition) is 2. The number of carbonyl (C=O) groups excluding carboxylic acids is 4. The van der Waals surface area contributed by atoms with Crippen molar-refractivity contribution >= 4 is 40.7 Å². The summed E-state index contributed by atoms with van der Waals surface area (Å²) in [5, 5.41) is 12.6. The molecule has 14 nitrogen and oxygen atoms in total. The molecule has 3 heterocycles. The number of pyridine rings is 1. The predicted octanol–water partition coefficient (Wildman–Crippen LogP) is 3.09. The van der Waals surface area contributed by atoms with E-state index in [2.05, 4.69) is 10.3 Å². The van der Waals surface area contributed by atoms with Gasteiger partial charge < -0.3 is 39.3 Å². The summed E-state index contributed by atoms with van der Waals surface area (Å²) in [5.41, 5.74) is 1.45. The fraction of sp³-hybridized carbons (Fsp3) is 0.444. The second kappa shape index (κ2) is 17.4. The first-order chi connectivity index (χ1) is 24.2. The molecule has 3 aromatic rings. The maximum Gasteiger partial charge on any atom is 0.409 e. The van der Waals surface area contributed by atoms with Gasteiger partial charge in [0.15, 0.2) is 6.61 Å². The fourth-order valence-corrected chi connectivity index (χ4v) is 6.13. The minimum absolute atomic E-state index is 0.0558. The molecular formula is C36H43N5O9. The molecule has 50 heavy (non-hydrogen) atoms. The third-order valence-corrected chi connectivity index (χ3v) is 8.75. The lowest BCUT2D eigenvalue weighted by molar-refractivity contribution is -0.138.